The third-order valence-corrected chi connectivity index (χ3v) is 9.49. The van der Waals surface area contributed by atoms with Gasteiger partial charge in [0, 0.05) is 56.3 Å². The first-order valence-corrected chi connectivity index (χ1v) is 15.4. The van der Waals surface area contributed by atoms with E-state index in [4.69, 9.17) is 9.47 Å². The summed E-state index contributed by atoms with van der Waals surface area (Å²) in [5.41, 5.74) is 4.14. The predicted octanol–water partition coefficient (Wildman–Crippen LogP) is 4.02. The Balaban J connectivity index is 1.10. The van der Waals surface area contributed by atoms with E-state index < -0.39 is 0 Å². The van der Waals surface area contributed by atoms with E-state index in [1.54, 1.807) is 24.1 Å². The van der Waals surface area contributed by atoms with Gasteiger partial charge >= 0.3 is 0 Å². The molecule has 0 aromatic carbocycles. The van der Waals surface area contributed by atoms with Crippen molar-refractivity contribution >= 4 is 28.3 Å². The summed E-state index contributed by atoms with van der Waals surface area (Å²) in [5.74, 6) is 0.768. The summed E-state index contributed by atoms with van der Waals surface area (Å²) in [5, 5.41) is 12.4. The van der Waals surface area contributed by atoms with Crippen LogP contribution in [-0.4, -0.2) is 93.0 Å². The lowest BCUT2D eigenvalue weighted by Gasteiger charge is -2.39. The lowest BCUT2D eigenvalue weighted by molar-refractivity contribution is 0.00791. The second-order valence-corrected chi connectivity index (χ2v) is 11.9. The molecule has 3 fully saturated rings. The van der Waals surface area contributed by atoms with E-state index >= 15 is 0 Å². The minimum atomic E-state index is -0.0830. The highest BCUT2D eigenvalue weighted by molar-refractivity contribution is 6.04. The van der Waals surface area contributed by atoms with Crippen molar-refractivity contribution in [3.63, 3.8) is 0 Å². The molecule has 1 saturated heterocycles. The van der Waals surface area contributed by atoms with Gasteiger partial charge in [0.1, 0.15) is 17.8 Å². The van der Waals surface area contributed by atoms with Gasteiger partial charge in [-0.2, -0.15) is 5.10 Å². The van der Waals surface area contributed by atoms with Gasteiger partial charge < -0.3 is 25.1 Å². The molecule has 4 aromatic heterocycles. The van der Waals surface area contributed by atoms with E-state index in [-0.39, 0.29) is 11.9 Å². The van der Waals surface area contributed by atoms with Crippen LogP contribution in [0.2, 0.25) is 0 Å². The van der Waals surface area contributed by atoms with E-state index in [2.05, 4.69) is 35.6 Å². The van der Waals surface area contributed by atoms with Crippen molar-refractivity contribution in [2.24, 2.45) is 0 Å². The van der Waals surface area contributed by atoms with Crippen LogP contribution < -0.4 is 10.6 Å². The van der Waals surface area contributed by atoms with Crippen molar-refractivity contribution in [2.45, 2.75) is 75.6 Å². The monoisotopic (exact) mass is 572 g/mol. The van der Waals surface area contributed by atoms with Crippen LogP contribution in [0.4, 0.5) is 5.82 Å². The van der Waals surface area contributed by atoms with Gasteiger partial charge in [0.2, 0.25) is 0 Å². The second kappa shape index (κ2) is 12.0. The van der Waals surface area contributed by atoms with Crippen molar-refractivity contribution in [1.29, 1.82) is 0 Å². The number of nitrogens with one attached hydrogen (secondary N) is 3. The number of H-pyrrole nitrogens is 1. The highest BCUT2D eigenvalue weighted by Gasteiger charge is 2.28. The summed E-state index contributed by atoms with van der Waals surface area (Å²) in [6.45, 7) is 3.78. The van der Waals surface area contributed by atoms with E-state index in [1.807, 2.05) is 24.5 Å². The lowest BCUT2D eigenvalue weighted by Crippen LogP contribution is -2.46. The van der Waals surface area contributed by atoms with Gasteiger partial charge in [-0.05, 0) is 69.1 Å². The molecule has 0 atom stereocenters. The highest BCUT2D eigenvalue weighted by atomic mass is 16.5. The van der Waals surface area contributed by atoms with E-state index in [0.29, 0.717) is 23.8 Å². The SMILES string of the molecule is CO[C@H]1CC[C@H](NC(=O)c2cnn3ccc(-c4c[nH]c5ncnc(N[C@H]6CC[C@H](N7CCOCC7)CC6)c45)cc23)CC1. The number of amides is 1. The Morgan fingerprint density at radius 3 is 2.62 bits per heavy atom. The summed E-state index contributed by atoms with van der Waals surface area (Å²) in [6.07, 6.45) is 15.8. The summed E-state index contributed by atoms with van der Waals surface area (Å²) in [7, 11) is 1.76. The Labute approximate surface area is 245 Å². The van der Waals surface area contributed by atoms with Crippen LogP contribution in [0.5, 0.6) is 0 Å². The molecule has 5 heterocycles. The Kier molecular flexibility index (Phi) is 7.79. The number of ether oxygens (including phenoxy) is 2. The number of hydrogen-bond acceptors (Lipinski definition) is 8. The summed E-state index contributed by atoms with van der Waals surface area (Å²) < 4.78 is 12.8. The molecule has 222 valence electrons. The van der Waals surface area contributed by atoms with Crippen LogP contribution >= 0.6 is 0 Å². The standard InChI is InChI=1S/C31H40N8O3/c1-41-24-8-4-22(5-9-24)37-31(40)26-18-35-39-11-10-20(16-27(26)39)25-17-32-29-28(25)30(34-19-33-29)36-21-2-6-23(7-3-21)38-12-14-42-15-13-38/h10-11,16-19,21-24H,2-9,12-15H2,1H3,(H,37,40)(H2,32,33,34,36)/t21-,22-,23-,24-. The molecular weight excluding hydrogens is 532 g/mol. The number of carbonyl (C=O) groups is 1. The number of morpholine rings is 1. The predicted molar refractivity (Wildman–Crippen MR) is 161 cm³/mol. The van der Waals surface area contributed by atoms with Crippen LogP contribution in [0, 0.1) is 0 Å². The highest BCUT2D eigenvalue weighted by Crippen LogP contribution is 2.35. The average molecular weight is 573 g/mol. The molecule has 1 aliphatic heterocycles. The molecule has 2 aliphatic carbocycles. The fraction of sp³-hybridized carbons (Fsp3) is 0.548. The Bertz CT molecular complexity index is 1530. The minimum Gasteiger partial charge on any atom is -0.381 e. The molecular formula is C31H40N8O3. The van der Waals surface area contributed by atoms with Crippen molar-refractivity contribution in [3.05, 3.63) is 42.6 Å². The van der Waals surface area contributed by atoms with E-state index in [9.17, 15) is 4.79 Å². The number of fused-ring (bicyclic) bond motifs is 2. The molecule has 0 radical (unpaired) electrons. The van der Waals surface area contributed by atoms with Gasteiger partial charge in [0.15, 0.2) is 0 Å². The molecule has 4 aromatic rings. The zero-order valence-electron chi connectivity index (χ0n) is 24.2. The zero-order chi connectivity index (χ0) is 28.5. The smallest absolute Gasteiger partial charge is 0.255 e. The van der Waals surface area contributed by atoms with Crippen LogP contribution in [0.1, 0.15) is 61.7 Å². The molecule has 11 heteroatoms. The number of carbonyl (C=O) groups excluding carboxylic acids is 1. The van der Waals surface area contributed by atoms with Crippen molar-refractivity contribution in [1.82, 2.24) is 34.8 Å². The number of methoxy groups -OCH3 is 1. The van der Waals surface area contributed by atoms with Crippen LogP contribution in [0.15, 0.2) is 37.1 Å². The third-order valence-electron chi connectivity index (χ3n) is 9.49. The van der Waals surface area contributed by atoms with E-state index in [1.165, 1.54) is 12.8 Å². The van der Waals surface area contributed by atoms with Crippen molar-refractivity contribution in [3.8, 4) is 11.1 Å². The molecule has 0 bridgehead atoms. The van der Waals surface area contributed by atoms with Gasteiger partial charge in [0.25, 0.3) is 5.91 Å². The van der Waals surface area contributed by atoms with E-state index in [0.717, 1.165) is 98.3 Å². The summed E-state index contributed by atoms with van der Waals surface area (Å²) >= 11 is 0. The fourth-order valence-electron chi connectivity index (χ4n) is 7.05. The fourth-order valence-corrected chi connectivity index (χ4v) is 7.05. The van der Waals surface area contributed by atoms with Crippen LogP contribution in [0.25, 0.3) is 27.7 Å². The summed E-state index contributed by atoms with van der Waals surface area (Å²) in [4.78, 5) is 28.4. The molecule has 2 saturated carbocycles. The molecule has 3 N–H and O–H groups in total. The van der Waals surface area contributed by atoms with Crippen LogP contribution in [-0.2, 0) is 9.47 Å². The molecule has 0 unspecified atom stereocenters. The van der Waals surface area contributed by atoms with Gasteiger partial charge in [-0.1, -0.05) is 0 Å². The number of rotatable bonds is 7. The topological polar surface area (TPSA) is 122 Å². The molecule has 0 spiro atoms. The lowest BCUT2D eigenvalue weighted by atomic mass is 9.90. The normalized spacial score (nSPS) is 25.5. The van der Waals surface area contributed by atoms with Crippen LogP contribution in [0.3, 0.4) is 0 Å². The minimum absolute atomic E-state index is 0.0830. The number of anilines is 1. The molecule has 1 amide bonds. The molecule has 7 rings (SSSR count). The quantitative estimate of drug-likeness (QED) is 0.304. The molecule has 3 aliphatic rings. The van der Waals surface area contributed by atoms with Crippen molar-refractivity contribution in [2.75, 3.05) is 38.7 Å². The van der Waals surface area contributed by atoms with Gasteiger partial charge in [-0.15, -0.1) is 0 Å². The first kappa shape index (κ1) is 27.3. The number of pyridine rings is 1. The number of nitrogens with zero attached hydrogens (tertiary/aromatic N) is 5. The largest absolute Gasteiger partial charge is 0.381 e. The maximum atomic E-state index is 13.3. The Morgan fingerprint density at radius 2 is 1.83 bits per heavy atom. The number of aromatic amines is 1. The first-order valence-electron chi connectivity index (χ1n) is 15.4. The number of hydrogen-bond donors (Lipinski definition) is 3. The zero-order valence-corrected chi connectivity index (χ0v) is 24.2. The first-order chi connectivity index (χ1) is 20.7. The second-order valence-electron chi connectivity index (χ2n) is 11.9. The van der Waals surface area contributed by atoms with Crippen molar-refractivity contribution < 1.29 is 14.3 Å². The Morgan fingerprint density at radius 1 is 1.05 bits per heavy atom. The molecule has 11 nitrogen and oxygen atoms in total. The number of aromatic nitrogens is 5. The maximum absolute atomic E-state index is 13.3. The van der Waals surface area contributed by atoms with Gasteiger partial charge in [-0.25, -0.2) is 14.5 Å². The molecule has 42 heavy (non-hydrogen) atoms. The van der Waals surface area contributed by atoms with Gasteiger partial charge in [-0.3, -0.25) is 9.69 Å². The maximum Gasteiger partial charge on any atom is 0.255 e. The van der Waals surface area contributed by atoms with Gasteiger partial charge in [0.05, 0.1) is 42.0 Å². The average Bonchev–Trinajstić information content (AvgIpc) is 3.67. The third kappa shape index (κ3) is 5.48. The Hall–Kier alpha value is -3.54. The summed E-state index contributed by atoms with van der Waals surface area (Å²) in [6, 6.07) is 5.24.